The molecule has 9 heteroatoms. The molecule has 2 fully saturated rings. The Bertz CT molecular complexity index is 1130. The van der Waals surface area contributed by atoms with Crippen LogP contribution in [0.4, 0.5) is 4.39 Å². The molecule has 1 saturated carbocycles. The van der Waals surface area contributed by atoms with Gasteiger partial charge in [-0.05, 0) is 56.5 Å². The molecule has 3 heterocycles. The summed E-state index contributed by atoms with van der Waals surface area (Å²) in [5, 5.41) is 17.7. The van der Waals surface area contributed by atoms with Crippen LogP contribution in [0.25, 0.3) is 10.9 Å². The minimum absolute atomic E-state index is 0.0669. The van der Waals surface area contributed by atoms with Crippen molar-refractivity contribution in [1.29, 1.82) is 0 Å². The van der Waals surface area contributed by atoms with Gasteiger partial charge >= 0.3 is 0 Å². The van der Waals surface area contributed by atoms with E-state index in [2.05, 4.69) is 20.6 Å². The van der Waals surface area contributed by atoms with E-state index in [0.29, 0.717) is 5.52 Å². The number of H-pyrrole nitrogens is 1. The number of aromatic nitrogens is 1. The summed E-state index contributed by atoms with van der Waals surface area (Å²) in [5.74, 6) is -0.845. The number of carbonyl (C=O) groups excluding carboxylic acids is 2. The van der Waals surface area contributed by atoms with E-state index in [1.165, 1.54) is 12.1 Å². The van der Waals surface area contributed by atoms with E-state index in [1.54, 1.807) is 31.2 Å². The summed E-state index contributed by atoms with van der Waals surface area (Å²) in [7, 11) is 1.72. The smallest absolute Gasteiger partial charge is 0.245 e. The van der Waals surface area contributed by atoms with Gasteiger partial charge in [0.15, 0.2) is 0 Å². The quantitative estimate of drug-likeness (QED) is 0.504. The third-order valence-corrected chi connectivity index (χ3v) is 8.10. The number of carbonyl (C=O) groups is 2. The predicted molar refractivity (Wildman–Crippen MR) is 132 cm³/mol. The molecule has 4 N–H and O–H groups in total. The molecule has 6 atom stereocenters. The van der Waals surface area contributed by atoms with Gasteiger partial charge in [0.05, 0.1) is 24.2 Å². The molecule has 1 saturated heterocycles. The van der Waals surface area contributed by atoms with E-state index in [1.807, 2.05) is 6.20 Å². The average molecular weight is 484 g/mol. The number of aliphatic hydroxyl groups excluding tert-OH is 1. The lowest BCUT2D eigenvalue weighted by Gasteiger charge is -2.36. The molecule has 1 aliphatic carbocycles. The number of aliphatic imine (C=N–C) groups is 1. The van der Waals surface area contributed by atoms with E-state index in [9.17, 15) is 19.1 Å². The third-order valence-electron chi connectivity index (χ3n) is 8.10. The number of aromatic amines is 1. The van der Waals surface area contributed by atoms with E-state index in [-0.39, 0.29) is 42.1 Å². The van der Waals surface area contributed by atoms with Gasteiger partial charge in [0.1, 0.15) is 11.9 Å². The maximum atomic E-state index is 14.1. The van der Waals surface area contributed by atoms with E-state index in [0.717, 1.165) is 43.1 Å². The molecule has 35 heavy (non-hydrogen) atoms. The van der Waals surface area contributed by atoms with Gasteiger partial charge in [0.2, 0.25) is 11.8 Å². The fourth-order valence-corrected chi connectivity index (χ4v) is 6.05. The van der Waals surface area contributed by atoms with Gasteiger partial charge in [-0.15, -0.1) is 0 Å². The Morgan fingerprint density at radius 2 is 2.03 bits per heavy atom. The van der Waals surface area contributed by atoms with Gasteiger partial charge in [-0.3, -0.25) is 14.6 Å². The summed E-state index contributed by atoms with van der Waals surface area (Å²) in [6.07, 6.45) is 7.88. The topological polar surface area (TPSA) is 110 Å². The van der Waals surface area contributed by atoms with Crippen molar-refractivity contribution in [2.75, 3.05) is 13.6 Å². The number of nitrogens with one attached hydrogen (secondary N) is 3. The average Bonchev–Trinajstić information content (AvgIpc) is 3.56. The number of fused-ring (bicyclic) bond motifs is 2. The molecule has 8 nitrogen and oxygen atoms in total. The first-order valence-corrected chi connectivity index (χ1v) is 12.6. The van der Waals surface area contributed by atoms with Gasteiger partial charge in [-0.25, -0.2) is 4.39 Å². The Balaban J connectivity index is 1.45. The second kappa shape index (κ2) is 9.70. The third kappa shape index (κ3) is 4.36. The van der Waals surface area contributed by atoms with Gasteiger partial charge in [0, 0.05) is 35.8 Å². The van der Waals surface area contributed by atoms with Crippen molar-refractivity contribution in [2.24, 2.45) is 10.9 Å². The highest BCUT2D eigenvalue weighted by Crippen LogP contribution is 2.40. The zero-order valence-electron chi connectivity index (χ0n) is 20.2. The summed E-state index contributed by atoms with van der Waals surface area (Å²) in [6, 6.07) is 2.78. The highest BCUT2D eigenvalue weighted by molar-refractivity contribution is 5.92. The molecule has 188 valence electrons. The van der Waals surface area contributed by atoms with Gasteiger partial charge in [0.25, 0.3) is 0 Å². The molecule has 6 unspecified atom stereocenters. The molecule has 2 aliphatic heterocycles. The molecule has 0 radical (unpaired) electrons. The molecule has 2 aromatic rings. The number of nitrogens with zero attached hydrogens (tertiary/aromatic N) is 2. The first-order chi connectivity index (χ1) is 16.9. The van der Waals surface area contributed by atoms with Gasteiger partial charge in [-0.1, -0.05) is 19.3 Å². The van der Waals surface area contributed by atoms with Crippen LogP contribution in [0.1, 0.15) is 50.5 Å². The molecule has 0 spiro atoms. The molecule has 2 amide bonds. The van der Waals surface area contributed by atoms with Crippen molar-refractivity contribution in [3.05, 3.63) is 35.8 Å². The van der Waals surface area contributed by atoms with Crippen molar-refractivity contribution < 1.29 is 19.1 Å². The number of hydrogen-bond donors (Lipinski definition) is 4. The highest BCUT2D eigenvalue weighted by atomic mass is 19.1. The second-order valence-corrected chi connectivity index (χ2v) is 10.2. The number of likely N-dealkylation sites (N-methyl/N-ethyl adjacent to an activating group) is 1. The molecule has 3 aliphatic rings. The zero-order chi connectivity index (χ0) is 24.7. The number of amides is 2. The SMILES string of the molecule is CNC(C)C(=O)NC(C(=O)N1CC(O)C2N=CC(c3c[nH]c4cc(F)ccc34)C21)C1CCCCC1. The van der Waals surface area contributed by atoms with E-state index < -0.39 is 24.2 Å². The van der Waals surface area contributed by atoms with E-state index >= 15 is 0 Å². The fraction of sp³-hybridized carbons (Fsp3) is 0.577. The Morgan fingerprint density at radius 3 is 2.77 bits per heavy atom. The summed E-state index contributed by atoms with van der Waals surface area (Å²) >= 11 is 0. The van der Waals surface area contributed by atoms with Crippen LogP contribution in [0.5, 0.6) is 0 Å². The van der Waals surface area contributed by atoms with Crippen molar-refractivity contribution in [1.82, 2.24) is 20.5 Å². The molecule has 5 rings (SSSR count). The number of hydrogen-bond acceptors (Lipinski definition) is 5. The normalized spacial score (nSPS) is 28.3. The lowest BCUT2D eigenvalue weighted by Crippen LogP contribution is -2.57. The van der Waals surface area contributed by atoms with Crippen LogP contribution in [0.2, 0.25) is 0 Å². The summed E-state index contributed by atoms with van der Waals surface area (Å²) in [6.45, 7) is 1.95. The number of β-amino-alcohol motifs (C(OH)–C–C–N with tert-alkyl or cyclic N) is 1. The number of benzene rings is 1. The minimum atomic E-state index is -0.771. The van der Waals surface area contributed by atoms with Crippen molar-refractivity contribution in [3.8, 4) is 0 Å². The second-order valence-electron chi connectivity index (χ2n) is 10.2. The van der Waals surface area contributed by atoms with Crippen molar-refractivity contribution in [2.45, 2.75) is 75.2 Å². The first-order valence-electron chi connectivity index (χ1n) is 12.6. The molecule has 1 aromatic heterocycles. The van der Waals surface area contributed by atoms with Crippen LogP contribution in [0, 0.1) is 11.7 Å². The van der Waals surface area contributed by atoms with Crippen LogP contribution in [-0.2, 0) is 9.59 Å². The largest absolute Gasteiger partial charge is 0.389 e. The maximum absolute atomic E-state index is 14.1. The number of likely N-dealkylation sites (tertiary alicyclic amines) is 1. The standard InChI is InChI=1S/C26H34FN5O3/c1-14(28-2)25(34)31-22(15-6-4-3-5-7-15)26(35)32-13-21(33)23-24(32)19(12-30-23)18-11-29-20-10-16(27)8-9-17(18)20/h8-12,14-15,19,21-24,28-29,33H,3-7,13H2,1-2H3,(H,31,34). The molecule has 0 bridgehead atoms. The number of aliphatic hydroxyl groups is 1. The maximum Gasteiger partial charge on any atom is 0.245 e. The molecular weight excluding hydrogens is 449 g/mol. The van der Waals surface area contributed by atoms with Crippen LogP contribution >= 0.6 is 0 Å². The lowest BCUT2D eigenvalue weighted by atomic mass is 9.82. The summed E-state index contributed by atoms with van der Waals surface area (Å²) in [4.78, 5) is 36.3. The molecule has 1 aromatic carbocycles. The van der Waals surface area contributed by atoms with Crippen molar-refractivity contribution >= 4 is 28.9 Å². The Morgan fingerprint density at radius 1 is 1.26 bits per heavy atom. The van der Waals surface area contributed by atoms with Crippen LogP contribution in [0.3, 0.4) is 0 Å². The van der Waals surface area contributed by atoms with E-state index in [4.69, 9.17) is 0 Å². The fourth-order valence-electron chi connectivity index (χ4n) is 6.05. The zero-order valence-corrected chi connectivity index (χ0v) is 20.2. The highest BCUT2D eigenvalue weighted by Gasteiger charge is 2.52. The predicted octanol–water partition coefficient (Wildman–Crippen LogP) is 2.09. The summed E-state index contributed by atoms with van der Waals surface area (Å²) in [5.41, 5.74) is 1.60. The Labute approximate surface area is 204 Å². The number of halogens is 1. The Hall–Kier alpha value is -2.78. The van der Waals surface area contributed by atoms with Crippen LogP contribution in [0.15, 0.2) is 29.4 Å². The summed E-state index contributed by atoms with van der Waals surface area (Å²) < 4.78 is 13.7. The first kappa shape index (κ1) is 23.9. The molecular formula is C26H34FN5O3. The number of rotatable bonds is 6. The van der Waals surface area contributed by atoms with Crippen LogP contribution in [-0.4, -0.2) is 76.9 Å². The monoisotopic (exact) mass is 483 g/mol. The van der Waals surface area contributed by atoms with Gasteiger partial charge < -0.3 is 25.6 Å². The Kier molecular flexibility index (Phi) is 6.63. The van der Waals surface area contributed by atoms with Crippen molar-refractivity contribution in [3.63, 3.8) is 0 Å². The van der Waals surface area contributed by atoms with Crippen LogP contribution < -0.4 is 10.6 Å². The van der Waals surface area contributed by atoms with Gasteiger partial charge in [-0.2, -0.15) is 0 Å². The lowest BCUT2D eigenvalue weighted by molar-refractivity contribution is -0.139. The minimum Gasteiger partial charge on any atom is -0.389 e.